The zero-order valence-corrected chi connectivity index (χ0v) is 11.2. The highest BCUT2D eigenvalue weighted by atomic mass is 16.2. The van der Waals surface area contributed by atoms with Crippen LogP contribution in [0.25, 0.3) is 0 Å². The Balaban J connectivity index is 2.36. The first-order valence-corrected chi connectivity index (χ1v) is 6.07. The molecule has 0 aliphatic carbocycles. The first kappa shape index (κ1) is 14.0. The fraction of sp³-hybridized carbons (Fsp3) is 0.833. The summed E-state index contributed by atoms with van der Waals surface area (Å²) < 4.78 is 0. The zero-order chi connectivity index (χ0) is 13.1. The molecule has 1 unspecified atom stereocenters. The molecule has 98 valence electrons. The summed E-state index contributed by atoms with van der Waals surface area (Å²) in [4.78, 5) is 25.2. The van der Waals surface area contributed by atoms with Crippen LogP contribution in [-0.4, -0.2) is 49.4 Å². The number of carbonyl (C=O) groups is 2. The van der Waals surface area contributed by atoms with E-state index in [2.05, 4.69) is 10.6 Å². The highest BCUT2D eigenvalue weighted by Crippen LogP contribution is 2.12. The van der Waals surface area contributed by atoms with Gasteiger partial charge in [0.05, 0.1) is 6.54 Å². The third-order valence-corrected chi connectivity index (χ3v) is 3.06. The van der Waals surface area contributed by atoms with E-state index in [0.29, 0.717) is 0 Å². The average Bonchev–Trinajstić information content (AvgIpc) is 2.76. The maximum absolute atomic E-state index is 11.8. The quantitative estimate of drug-likeness (QED) is 0.729. The second kappa shape index (κ2) is 5.49. The lowest BCUT2D eigenvalue weighted by atomic mass is 9.96. The largest absolute Gasteiger partial charge is 0.347 e. The Morgan fingerprint density at radius 2 is 2.06 bits per heavy atom. The predicted molar refractivity (Wildman–Crippen MR) is 66.5 cm³/mol. The molecule has 1 saturated heterocycles. The van der Waals surface area contributed by atoms with Gasteiger partial charge in [0, 0.05) is 25.0 Å². The molecular formula is C12H23N3O2. The first-order valence-electron chi connectivity index (χ1n) is 6.07. The number of nitrogens with one attached hydrogen (secondary N) is 2. The van der Waals surface area contributed by atoms with Crippen molar-refractivity contribution < 1.29 is 9.59 Å². The molecule has 0 spiro atoms. The van der Waals surface area contributed by atoms with Crippen molar-refractivity contribution >= 4 is 11.8 Å². The minimum Gasteiger partial charge on any atom is -0.347 e. The summed E-state index contributed by atoms with van der Waals surface area (Å²) in [6, 6.07) is 0.258. The average molecular weight is 241 g/mol. The first-order chi connectivity index (χ1) is 7.82. The minimum absolute atomic E-state index is 0.0312. The van der Waals surface area contributed by atoms with Crippen LogP contribution in [0, 0.1) is 5.41 Å². The van der Waals surface area contributed by atoms with Crippen molar-refractivity contribution in [3.8, 4) is 0 Å². The maximum Gasteiger partial charge on any atom is 0.242 e. The third-order valence-electron chi connectivity index (χ3n) is 3.06. The Morgan fingerprint density at radius 1 is 1.41 bits per heavy atom. The van der Waals surface area contributed by atoms with Crippen molar-refractivity contribution in [3.63, 3.8) is 0 Å². The molecule has 1 heterocycles. The Kier molecular flexibility index (Phi) is 4.51. The monoisotopic (exact) mass is 241 g/mol. The molecule has 1 aliphatic rings. The number of hydrogen-bond acceptors (Lipinski definition) is 3. The lowest BCUT2D eigenvalue weighted by Crippen LogP contribution is -2.46. The lowest BCUT2D eigenvalue weighted by Gasteiger charge is -2.25. The molecule has 1 fully saturated rings. The van der Waals surface area contributed by atoms with Gasteiger partial charge in [-0.2, -0.15) is 0 Å². The SMILES string of the molecule is CN(C(=O)CNC(=O)C(C)(C)C)C1CCNC1. The summed E-state index contributed by atoms with van der Waals surface area (Å²) >= 11 is 0. The molecule has 0 bridgehead atoms. The van der Waals surface area contributed by atoms with Crippen LogP contribution < -0.4 is 10.6 Å². The molecule has 5 nitrogen and oxygen atoms in total. The molecule has 1 atom stereocenters. The van der Waals surface area contributed by atoms with Gasteiger partial charge in [-0.15, -0.1) is 0 Å². The summed E-state index contributed by atoms with van der Waals surface area (Å²) in [5.41, 5.74) is -0.451. The topological polar surface area (TPSA) is 61.4 Å². The van der Waals surface area contributed by atoms with Crippen molar-refractivity contribution in [3.05, 3.63) is 0 Å². The highest BCUT2D eigenvalue weighted by molar-refractivity contribution is 5.87. The standard InChI is InChI=1S/C12H23N3O2/c1-12(2,3)11(17)14-8-10(16)15(4)9-5-6-13-7-9/h9,13H,5-8H2,1-4H3,(H,14,17). The zero-order valence-electron chi connectivity index (χ0n) is 11.2. The van der Waals surface area contributed by atoms with E-state index in [1.54, 1.807) is 11.9 Å². The van der Waals surface area contributed by atoms with E-state index < -0.39 is 5.41 Å². The minimum atomic E-state index is -0.451. The number of likely N-dealkylation sites (N-methyl/N-ethyl adjacent to an activating group) is 1. The van der Waals surface area contributed by atoms with Crippen molar-refractivity contribution in [1.82, 2.24) is 15.5 Å². The van der Waals surface area contributed by atoms with Gasteiger partial charge >= 0.3 is 0 Å². The molecule has 0 saturated carbocycles. The second-order valence-corrected chi connectivity index (χ2v) is 5.58. The summed E-state index contributed by atoms with van der Waals surface area (Å²) in [6.45, 7) is 7.38. The second-order valence-electron chi connectivity index (χ2n) is 5.58. The van der Waals surface area contributed by atoms with Gasteiger partial charge in [-0.3, -0.25) is 9.59 Å². The fourth-order valence-electron chi connectivity index (χ4n) is 1.72. The van der Waals surface area contributed by atoms with Crippen LogP contribution in [0.15, 0.2) is 0 Å². The summed E-state index contributed by atoms with van der Waals surface area (Å²) in [6.07, 6.45) is 0.982. The number of amides is 2. The van der Waals surface area contributed by atoms with Crippen LogP contribution in [0.3, 0.4) is 0 Å². The molecule has 1 aliphatic heterocycles. The number of hydrogen-bond donors (Lipinski definition) is 2. The Bertz CT molecular complexity index is 291. The van der Waals surface area contributed by atoms with Crippen LogP contribution >= 0.6 is 0 Å². The Labute approximate surface area is 103 Å². The normalized spacial score (nSPS) is 20.1. The van der Waals surface area contributed by atoms with Crippen LogP contribution in [-0.2, 0) is 9.59 Å². The summed E-state index contributed by atoms with van der Waals surface area (Å²) in [5.74, 6) is -0.125. The molecular weight excluding hydrogens is 218 g/mol. The molecule has 2 amide bonds. The molecule has 0 radical (unpaired) electrons. The van der Waals surface area contributed by atoms with Gasteiger partial charge in [0.1, 0.15) is 0 Å². The molecule has 0 aromatic rings. The number of carbonyl (C=O) groups excluding carboxylic acids is 2. The Hall–Kier alpha value is -1.10. The van der Waals surface area contributed by atoms with Crippen molar-refractivity contribution in [2.75, 3.05) is 26.7 Å². The van der Waals surface area contributed by atoms with E-state index in [1.807, 2.05) is 20.8 Å². The Morgan fingerprint density at radius 3 is 2.53 bits per heavy atom. The van der Waals surface area contributed by atoms with Crippen molar-refractivity contribution in [2.24, 2.45) is 5.41 Å². The third kappa shape index (κ3) is 4.00. The van der Waals surface area contributed by atoms with Gasteiger partial charge in [0.25, 0.3) is 0 Å². The summed E-state index contributed by atoms with van der Waals surface area (Å²) in [5, 5.41) is 5.89. The van der Waals surface area contributed by atoms with Crippen LogP contribution in [0.4, 0.5) is 0 Å². The highest BCUT2D eigenvalue weighted by Gasteiger charge is 2.25. The van der Waals surface area contributed by atoms with Gasteiger partial charge in [-0.25, -0.2) is 0 Å². The predicted octanol–water partition coefficient (Wildman–Crippen LogP) is -0.0310. The van der Waals surface area contributed by atoms with Gasteiger partial charge in [-0.1, -0.05) is 20.8 Å². The fourth-order valence-corrected chi connectivity index (χ4v) is 1.72. The number of rotatable bonds is 3. The smallest absolute Gasteiger partial charge is 0.242 e. The van der Waals surface area contributed by atoms with E-state index in [-0.39, 0.29) is 24.4 Å². The molecule has 0 aromatic carbocycles. The van der Waals surface area contributed by atoms with Gasteiger partial charge in [0.15, 0.2) is 0 Å². The molecule has 17 heavy (non-hydrogen) atoms. The maximum atomic E-state index is 11.8. The van der Waals surface area contributed by atoms with Crippen LogP contribution in [0.2, 0.25) is 0 Å². The van der Waals surface area contributed by atoms with E-state index >= 15 is 0 Å². The van der Waals surface area contributed by atoms with Crippen molar-refractivity contribution in [1.29, 1.82) is 0 Å². The van der Waals surface area contributed by atoms with Gasteiger partial charge in [0.2, 0.25) is 11.8 Å². The van der Waals surface area contributed by atoms with Crippen LogP contribution in [0.1, 0.15) is 27.2 Å². The van der Waals surface area contributed by atoms with Crippen LogP contribution in [0.5, 0.6) is 0 Å². The van der Waals surface area contributed by atoms with Gasteiger partial charge < -0.3 is 15.5 Å². The van der Waals surface area contributed by atoms with E-state index in [4.69, 9.17) is 0 Å². The van der Waals surface area contributed by atoms with Crippen molar-refractivity contribution in [2.45, 2.75) is 33.2 Å². The number of nitrogens with zero attached hydrogens (tertiary/aromatic N) is 1. The molecule has 1 rings (SSSR count). The molecule has 5 heteroatoms. The lowest BCUT2D eigenvalue weighted by molar-refractivity contribution is -0.135. The van der Waals surface area contributed by atoms with Gasteiger partial charge in [-0.05, 0) is 13.0 Å². The van der Waals surface area contributed by atoms with E-state index in [1.165, 1.54) is 0 Å². The summed E-state index contributed by atoms with van der Waals surface area (Å²) in [7, 11) is 1.79. The molecule has 0 aromatic heterocycles. The van der Waals surface area contributed by atoms with E-state index in [9.17, 15) is 9.59 Å². The van der Waals surface area contributed by atoms with E-state index in [0.717, 1.165) is 19.5 Å². The molecule has 2 N–H and O–H groups in total.